The summed E-state index contributed by atoms with van der Waals surface area (Å²) < 4.78 is 5.95. The topological polar surface area (TPSA) is 79.4 Å². The van der Waals surface area contributed by atoms with Crippen molar-refractivity contribution < 1.29 is 14.7 Å². The van der Waals surface area contributed by atoms with Gasteiger partial charge in [0.2, 0.25) is 5.82 Å². The van der Waals surface area contributed by atoms with Gasteiger partial charge in [0.15, 0.2) is 0 Å². The normalized spacial score (nSPS) is 10.7. The molecule has 0 aliphatic rings. The molecule has 0 amide bonds. The Hall–Kier alpha value is -2.34. The van der Waals surface area contributed by atoms with Crippen LogP contribution in [0.1, 0.15) is 0 Å². The summed E-state index contributed by atoms with van der Waals surface area (Å²) in [5.41, 5.74) is 0.885. The molecule has 0 saturated heterocycles. The summed E-state index contributed by atoms with van der Waals surface area (Å²) in [7, 11) is 0. The lowest BCUT2D eigenvalue weighted by Gasteiger charge is -2.01. The van der Waals surface area contributed by atoms with Crippen LogP contribution in [0.5, 0.6) is 11.5 Å². The van der Waals surface area contributed by atoms with Gasteiger partial charge < -0.3 is 14.7 Å². The van der Waals surface area contributed by atoms with Crippen molar-refractivity contribution >= 4 is 15.9 Å². The monoisotopic (exact) mass is 332 g/mol. The van der Waals surface area contributed by atoms with Crippen LogP contribution in [0.25, 0.3) is 22.8 Å². The Kier molecular flexibility index (Phi) is 3.15. The second kappa shape index (κ2) is 4.97. The van der Waals surface area contributed by atoms with Crippen LogP contribution in [0.15, 0.2) is 51.5 Å². The summed E-state index contributed by atoms with van der Waals surface area (Å²) in [6.45, 7) is 0. The predicted molar refractivity (Wildman–Crippen MR) is 76.2 cm³/mol. The van der Waals surface area contributed by atoms with Crippen molar-refractivity contribution in [2.75, 3.05) is 0 Å². The van der Waals surface area contributed by atoms with E-state index in [2.05, 4.69) is 26.1 Å². The molecular weight excluding hydrogens is 324 g/mol. The first-order chi connectivity index (χ1) is 9.66. The lowest BCUT2D eigenvalue weighted by molar-refractivity contribution is 0.416. The molecule has 2 aromatic carbocycles. The Morgan fingerprint density at radius 1 is 0.950 bits per heavy atom. The number of phenols is 2. The minimum absolute atomic E-state index is 0.0614. The van der Waals surface area contributed by atoms with Crippen molar-refractivity contribution in [1.29, 1.82) is 0 Å². The predicted octanol–water partition coefficient (Wildman–Crippen LogP) is 3.58. The van der Waals surface area contributed by atoms with E-state index in [1.165, 1.54) is 18.2 Å². The van der Waals surface area contributed by atoms with E-state index in [0.29, 0.717) is 5.82 Å². The highest BCUT2D eigenvalue weighted by Crippen LogP contribution is 2.37. The minimum Gasteiger partial charge on any atom is -0.507 e. The van der Waals surface area contributed by atoms with E-state index in [1.54, 1.807) is 0 Å². The maximum atomic E-state index is 9.78. The summed E-state index contributed by atoms with van der Waals surface area (Å²) in [4.78, 5) is 4.21. The smallest absolute Gasteiger partial charge is 0.265 e. The van der Waals surface area contributed by atoms with Crippen LogP contribution in [-0.4, -0.2) is 20.4 Å². The average molecular weight is 333 g/mol. The molecule has 0 spiro atoms. The van der Waals surface area contributed by atoms with Crippen LogP contribution in [0, 0.1) is 0 Å². The quantitative estimate of drug-likeness (QED) is 0.749. The summed E-state index contributed by atoms with van der Waals surface area (Å²) in [6, 6.07) is 11.8. The van der Waals surface area contributed by atoms with Gasteiger partial charge in [0.1, 0.15) is 17.1 Å². The molecule has 0 bridgehead atoms. The number of benzene rings is 2. The van der Waals surface area contributed by atoms with E-state index < -0.39 is 0 Å². The maximum absolute atomic E-state index is 9.78. The van der Waals surface area contributed by atoms with Gasteiger partial charge in [-0.1, -0.05) is 39.3 Å². The molecule has 0 atom stereocenters. The van der Waals surface area contributed by atoms with Gasteiger partial charge in [-0.3, -0.25) is 0 Å². The van der Waals surface area contributed by atoms with E-state index in [9.17, 15) is 10.2 Å². The first-order valence-corrected chi connectivity index (χ1v) is 6.56. The molecule has 0 aliphatic heterocycles. The number of phenolic OH excluding ortho intramolecular Hbond substituents is 2. The van der Waals surface area contributed by atoms with Gasteiger partial charge in [-0.25, -0.2) is 0 Å². The van der Waals surface area contributed by atoms with E-state index in [1.807, 2.05) is 24.3 Å². The molecule has 3 aromatic rings. The van der Waals surface area contributed by atoms with E-state index in [0.717, 1.165) is 10.0 Å². The highest BCUT2D eigenvalue weighted by molar-refractivity contribution is 9.10. The summed E-state index contributed by atoms with van der Waals surface area (Å²) in [6.07, 6.45) is 0. The molecule has 0 aliphatic carbocycles. The third kappa shape index (κ3) is 2.14. The third-order valence-electron chi connectivity index (χ3n) is 2.78. The Balaban J connectivity index is 2.10. The van der Waals surface area contributed by atoms with Gasteiger partial charge >= 0.3 is 0 Å². The fourth-order valence-electron chi connectivity index (χ4n) is 1.82. The Labute approximate surface area is 122 Å². The molecule has 1 aromatic heterocycles. The molecule has 0 radical (unpaired) electrons. The first-order valence-electron chi connectivity index (χ1n) is 5.77. The van der Waals surface area contributed by atoms with Crippen LogP contribution >= 0.6 is 15.9 Å². The average Bonchev–Trinajstić information content (AvgIpc) is 2.88. The second-order valence-corrected chi connectivity index (χ2v) is 4.93. The molecule has 3 rings (SSSR count). The van der Waals surface area contributed by atoms with Crippen molar-refractivity contribution in [1.82, 2.24) is 10.1 Å². The molecule has 5 nitrogen and oxygen atoms in total. The zero-order valence-electron chi connectivity index (χ0n) is 10.1. The van der Waals surface area contributed by atoms with Crippen LogP contribution < -0.4 is 0 Å². The SMILES string of the molecule is Oc1cccc(O)c1-c1nc(-c2ccccc2Br)no1. The second-order valence-electron chi connectivity index (χ2n) is 4.07. The van der Waals surface area contributed by atoms with Gasteiger partial charge in [0, 0.05) is 10.0 Å². The Bertz CT molecular complexity index is 750. The number of halogens is 1. The highest BCUT2D eigenvalue weighted by Gasteiger charge is 2.18. The summed E-state index contributed by atoms with van der Waals surface area (Å²) in [5, 5.41) is 23.4. The number of aromatic nitrogens is 2. The number of aromatic hydroxyl groups is 2. The van der Waals surface area contributed by atoms with Crippen molar-refractivity contribution in [2.45, 2.75) is 0 Å². The van der Waals surface area contributed by atoms with Crippen molar-refractivity contribution in [3.63, 3.8) is 0 Å². The summed E-state index contributed by atoms with van der Waals surface area (Å²) >= 11 is 3.41. The standard InChI is InChI=1S/C14H9BrN2O3/c15-9-5-2-1-4-8(9)13-16-14(20-17-13)12-10(18)6-3-7-11(12)19/h1-7,18-19H. The fraction of sp³-hybridized carbons (Fsp3) is 0. The molecule has 0 saturated carbocycles. The van der Waals surface area contributed by atoms with Crippen LogP contribution in [0.2, 0.25) is 0 Å². The van der Waals surface area contributed by atoms with Gasteiger partial charge in [-0.15, -0.1) is 0 Å². The summed E-state index contributed by atoms with van der Waals surface area (Å²) in [5.74, 6) is 0.195. The first kappa shape index (κ1) is 12.7. The Morgan fingerprint density at radius 2 is 1.65 bits per heavy atom. The fourth-order valence-corrected chi connectivity index (χ4v) is 2.29. The van der Waals surface area contributed by atoms with Gasteiger partial charge in [-0.05, 0) is 24.3 Å². The lowest BCUT2D eigenvalue weighted by Crippen LogP contribution is -1.83. The van der Waals surface area contributed by atoms with Crippen molar-refractivity contribution in [3.8, 4) is 34.3 Å². The van der Waals surface area contributed by atoms with Gasteiger partial charge in [0.05, 0.1) is 0 Å². The van der Waals surface area contributed by atoms with E-state index in [-0.39, 0.29) is 23.0 Å². The highest BCUT2D eigenvalue weighted by atomic mass is 79.9. The van der Waals surface area contributed by atoms with Crippen molar-refractivity contribution in [2.24, 2.45) is 0 Å². The van der Waals surface area contributed by atoms with Crippen LogP contribution in [0.3, 0.4) is 0 Å². The lowest BCUT2D eigenvalue weighted by atomic mass is 10.1. The minimum atomic E-state index is -0.118. The van der Waals surface area contributed by atoms with E-state index >= 15 is 0 Å². The molecule has 1 heterocycles. The zero-order chi connectivity index (χ0) is 14.1. The number of rotatable bonds is 2. The van der Waals surface area contributed by atoms with Crippen LogP contribution in [-0.2, 0) is 0 Å². The molecular formula is C14H9BrN2O3. The maximum Gasteiger partial charge on any atom is 0.265 e. The molecule has 100 valence electrons. The number of hydrogen-bond acceptors (Lipinski definition) is 5. The molecule has 0 unspecified atom stereocenters. The molecule has 6 heteroatoms. The molecule has 0 fully saturated rings. The molecule has 20 heavy (non-hydrogen) atoms. The van der Waals surface area contributed by atoms with E-state index in [4.69, 9.17) is 4.52 Å². The molecule has 2 N–H and O–H groups in total. The number of nitrogens with zero attached hydrogens (tertiary/aromatic N) is 2. The Morgan fingerprint density at radius 3 is 2.35 bits per heavy atom. The van der Waals surface area contributed by atoms with Gasteiger partial charge in [0.25, 0.3) is 5.89 Å². The van der Waals surface area contributed by atoms with Gasteiger partial charge in [-0.2, -0.15) is 4.98 Å². The third-order valence-corrected chi connectivity index (χ3v) is 3.47. The van der Waals surface area contributed by atoms with Crippen LogP contribution in [0.4, 0.5) is 0 Å². The number of hydrogen-bond donors (Lipinski definition) is 2. The van der Waals surface area contributed by atoms with Crippen molar-refractivity contribution in [3.05, 3.63) is 46.9 Å². The largest absolute Gasteiger partial charge is 0.507 e. The zero-order valence-corrected chi connectivity index (χ0v) is 11.7.